The van der Waals surface area contributed by atoms with E-state index in [-0.39, 0.29) is 40.8 Å². The first kappa shape index (κ1) is 39.7. The third kappa shape index (κ3) is 8.34. The molecule has 0 radical (unpaired) electrons. The molecule has 0 fully saturated rings. The molecule has 1 amide bonds. The van der Waals surface area contributed by atoms with Gasteiger partial charge in [0.2, 0.25) is 0 Å². The highest BCUT2D eigenvalue weighted by Gasteiger charge is 2.38. The average Bonchev–Trinajstić information content (AvgIpc) is 3.15. The molecule has 6 nitrogen and oxygen atoms in total. The summed E-state index contributed by atoms with van der Waals surface area (Å²) in [6.45, 7) is 25.2. The molecule has 6 rings (SSSR count). The summed E-state index contributed by atoms with van der Waals surface area (Å²) >= 11 is 0. The Hall–Kier alpha value is -4.97. The number of nitrogens with one attached hydrogen (secondary N) is 1. The van der Waals surface area contributed by atoms with Crippen LogP contribution in [0.4, 0.5) is 5.69 Å². The van der Waals surface area contributed by atoms with Crippen LogP contribution in [0.5, 0.6) is 0 Å². The number of hydrogen-bond acceptors (Lipinski definition) is 5. The molecule has 6 heteroatoms. The van der Waals surface area contributed by atoms with Crippen LogP contribution in [0.2, 0.25) is 0 Å². The lowest BCUT2D eigenvalue weighted by Gasteiger charge is -2.42. The van der Waals surface area contributed by atoms with Crippen LogP contribution in [-0.2, 0) is 31.1 Å². The molecule has 0 aromatic heterocycles. The number of fused-ring (bicyclic) bond motifs is 2. The lowest BCUT2D eigenvalue weighted by Crippen LogP contribution is -2.34. The van der Waals surface area contributed by atoms with Crippen molar-refractivity contribution in [1.29, 1.82) is 0 Å². The summed E-state index contributed by atoms with van der Waals surface area (Å²) in [5.74, 6) is -1.18. The number of hydrogen-bond donors (Lipinski definition) is 1. The number of carbonyl (C=O) groups is 3. The number of amides is 1. The zero-order chi connectivity index (χ0) is 39.9. The molecular formula is C49H57NO5. The SMILES string of the molecule is C=C(c1ccc(C(=O)OCCCOC(=O)c2ccc(C(=O)Nc3ccc4c(c3)C(C)(C)CCC4(C)C)cc2)cc1)c1cc2c(cc1C)C(C)(C)CCC2(C)C. The van der Waals surface area contributed by atoms with E-state index >= 15 is 0 Å². The van der Waals surface area contributed by atoms with Gasteiger partial charge >= 0.3 is 11.9 Å². The summed E-state index contributed by atoms with van der Waals surface area (Å²) in [5, 5.41) is 3.02. The maximum atomic E-state index is 13.1. The Kier molecular flexibility index (Phi) is 10.8. The predicted molar refractivity (Wildman–Crippen MR) is 222 cm³/mol. The quantitative estimate of drug-likeness (QED) is 0.129. The third-order valence-electron chi connectivity index (χ3n) is 12.2. The molecule has 2 aliphatic carbocycles. The lowest BCUT2D eigenvalue weighted by atomic mass is 9.62. The second-order valence-corrected chi connectivity index (χ2v) is 18.2. The van der Waals surface area contributed by atoms with Gasteiger partial charge in [0.05, 0.1) is 24.3 Å². The molecule has 0 heterocycles. The zero-order valence-corrected chi connectivity index (χ0v) is 34.2. The van der Waals surface area contributed by atoms with Gasteiger partial charge < -0.3 is 14.8 Å². The first-order valence-corrected chi connectivity index (χ1v) is 19.7. The molecule has 0 saturated carbocycles. The third-order valence-corrected chi connectivity index (χ3v) is 12.2. The molecule has 288 valence electrons. The summed E-state index contributed by atoms with van der Waals surface area (Å²) in [7, 11) is 0. The molecule has 55 heavy (non-hydrogen) atoms. The van der Waals surface area contributed by atoms with Gasteiger partial charge in [-0.25, -0.2) is 9.59 Å². The van der Waals surface area contributed by atoms with Crippen LogP contribution < -0.4 is 5.32 Å². The predicted octanol–water partition coefficient (Wildman–Crippen LogP) is 11.4. The standard InChI is InChI=1S/C49H57NO5/c1-31-28-40-42(49(9,10)25-24-47(40,5)6)30-38(31)32(2)33-12-16-35(17-13-33)44(52)54-26-11-27-55-45(53)36-18-14-34(15-19-36)43(51)50-37-20-21-39-41(29-37)48(7,8)23-22-46(39,3)4/h12-21,28-30H,2,11,22-27H2,1,3-10H3,(H,50,51). The second-order valence-electron chi connectivity index (χ2n) is 18.2. The van der Waals surface area contributed by atoms with Crippen molar-refractivity contribution in [2.75, 3.05) is 18.5 Å². The molecule has 2 aliphatic rings. The minimum atomic E-state index is -0.505. The highest BCUT2D eigenvalue weighted by Crippen LogP contribution is 2.48. The second kappa shape index (κ2) is 14.9. The van der Waals surface area contributed by atoms with Crippen molar-refractivity contribution < 1.29 is 23.9 Å². The maximum absolute atomic E-state index is 13.1. The van der Waals surface area contributed by atoms with Crippen LogP contribution in [0, 0.1) is 6.92 Å². The van der Waals surface area contributed by atoms with E-state index < -0.39 is 11.9 Å². The number of benzene rings is 4. The summed E-state index contributed by atoms with van der Waals surface area (Å²) < 4.78 is 10.9. The van der Waals surface area contributed by atoms with E-state index in [2.05, 4.69) is 98.5 Å². The minimum Gasteiger partial charge on any atom is -0.462 e. The topological polar surface area (TPSA) is 81.7 Å². The fraction of sp³-hybridized carbons (Fsp3) is 0.408. The van der Waals surface area contributed by atoms with E-state index in [0.717, 1.165) is 41.6 Å². The van der Waals surface area contributed by atoms with Crippen molar-refractivity contribution in [3.05, 3.63) is 141 Å². The lowest BCUT2D eigenvalue weighted by molar-refractivity contribution is 0.0395. The first-order chi connectivity index (χ1) is 25.8. The Morgan fingerprint density at radius 3 is 1.49 bits per heavy atom. The molecule has 4 aromatic rings. The van der Waals surface area contributed by atoms with Gasteiger partial charge in [-0.1, -0.05) is 92.3 Å². The fourth-order valence-corrected chi connectivity index (χ4v) is 8.19. The number of carbonyl (C=O) groups excluding carboxylic acids is 3. The molecular weight excluding hydrogens is 683 g/mol. The summed E-state index contributed by atoms with van der Waals surface area (Å²) in [4.78, 5) is 38.6. The number of esters is 2. The van der Waals surface area contributed by atoms with Gasteiger partial charge in [0.15, 0.2) is 0 Å². The Balaban J connectivity index is 0.965. The number of rotatable bonds is 10. The van der Waals surface area contributed by atoms with Crippen LogP contribution in [0.15, 0.2) is 85.4 Å². The van der Waals surface area contributed by atoms with E-state index in [1.54, 1.807) is 36.4 Å². The summed E-state index contributed by atoms with van der Waals surface area (Å²) in [6, 6.07) is 24.7. The summed E-state index contributed by atoms with van der Waals surface area (Å²) in [5.41, 5.74) is 12.0. The van der Waals surface area contributed by atoms with E-state index in [0.29, 0.717) is 23.1 Å². The molecule has 1 N–H and O–H groups in total. The fourth-order valence-electron chi connectivity index (χ4n) is 8.19. The molecule has 0 spiro atoms. The Labute approximate surface area is 327 Å². The van der Waals surface area contributed by atoms with Crippen LogP contribution in [0.1, 0.15) is 158 Å². The molecule has 0 aliphatic heterocycles. The Morgan fingerprint density at radius 2 is 0.982 bits per heavy atom. The van der Waals surface area contributed by atoms with Crippen molar-refractivity contribution in [1.82, 2.24) is 0 Å². The van der Waals surface area contributed by atoms with Crippen molar-refractivity contribution in [2.24, 2.45) is 0 Å². The Morgan fingerprint density at radius 1 is 0.564 bits per heavy atom. The minimum absolute atomic E-state index is 0.0382. The largest absolute Gasteiger partial charge is 0.462 e. The van der Waals surface area contributed by atoms with Crippen molar-refractivity contribution in [2.45, 2.75) is 116 Å². The molecule has 0 unspecified atom stereocenters. The van der Waals surface area contributed by atoms with Gasteiger partial charge in [-0.15, -0.1) is 0 Å². The van der Waals surface area contributed by atoms with Gasteiger partial charge in [0.1, 0.15) is 0 Å². The maximum Gasteiger partial charge on any atom is 0.338 e. The monoisotopic (exact) mass is 739 g/mol. The van der Waals surface area contributed by atoms with E-state index in [1.165, 1.54) is 34.2 Å². The molecule has 0 bridgehead atoms. The van der Waals surface area contributed by atoms with E-state index in [4.69, 9.17) is 9.47 Å². The average molecular weight is 740 g/mol. The van der Waals surface area contributed by atoms with Gasteiger partial charge in [-0.3, -0.25) is 4.79 Å². The van der Waals surface area contributed by atoms with E-state index in [1.807, 2.05) is 18.2 Å². The zero-order valence-electron chi connectivity index (χ0n) is 34.2. The first-order valence-electron chi connectivity index (χ1n) is 19.7. The van der Waals surface area contributed by atoms with Crippen LogP contribution in [0.3, 0.4) is 0 Å². The van der Waals surface area contributed by atoms with Gasteiger partial charge in [0.25, 0.3) is 5.91 Å². The highest BCUT2D eigenvalue weighted by atomic mass is 16.5. The smallest absolute Gasteiger partial charge is 0.338 e. The number of aryl methyl sites for hydroxylation is 1. The molecule has 4 aromatic carbocycles. The van der Waals surface area contributed by atoms with Gasteiger partial charge in [-0.05, 0) is 147 Å². The highest BCUT2D eigenvalue weighted by molar-refractivity contribution is 6.05. The Bertz CT molecular complexity index is 2130. The van der Waals surface area contributed by atoms with Crippen LogP contribution in [0.25, 0.3) is 5.57 Å². The van der Waals surface area contributed by atoms with Gasteiger partial charge in [-0.2, -0.15) is 0 Å². The van der Waals surface area contributed by atoms with Crippen LogP contribution in [-0.4, -0.2) is 31.1 Å². The van der Waals surface area contributed by atoms with Crippen molar-refractivity contribution in [3.8, 4) is 0 Å². The number of anilines is 1. The van der Waals surface area contributed by atoms with Gasteiger partial charge in [0, 0.05) is 17.7 Å². The normalized spacial score (nSPS) is 17.3. The number of ether oxygens (including phenoxy) is 2. The van der Waals surface area contributed by atoms with Crippen molar-refractivity contribution >= 4 is 29.1 Å². The molecule has 0 atom stereocenters. The van der Waals surface area contributed by atoms with Crippen molar-refractivity contribution in [3.63, 3.8) is 0 Å². The summed E-state index contributed by atoms with van der Waals surface area (Å²) in [6.07, 6.45) is 4.88. The van der Waals surface area contributed by atoms with E-state index in [9.17, 15) is 14.4 Å². The molecule has 0 saturated heterocycles. The van der Waals surface area contributed by atoms with Crippen LogP contribution >= 0.6 is 0 Å².